The Labute approximate surface area is 846 Å². The van der Waals surface area contributed by atoms with Gasteiger partial charge in [0.15, 0.2) is 0 Å². The van der Waals surface area contributed by atoms with Crippen molar-refractivity contribution in [3.8, 4) is 0 Å². The van der Waals surface area contributed by atoms with E-state index in [1.54, 1.807) is 6.07 Å². The minimum absolute atomic E-state index is 0.0149. The van der Waals surface area contributed by atoms with Gasteiger partial charge in [-0.3, -0.25) is 60.7 Å². The summed E-state index contributed by atoms with van der Waals surface area (Å²) in [5, 5.41) is 28.5. The van der Waals surface area contributed by atoms with E-state index < -0.39 is 6.43 Å². The monoisotopic (exact) mass is 1980 g/mol. The Morgan fingerprint density at radius 2 is 0.692 bits per heavy atom. The number of carbonyl (C=O) groups excluding carboxylic acids is 8. The molecule has 27 nitrogen and oxygen atoms in total. The smallest absolute Gasteiger partial charge is 0.373 e. The maximum Gasteiger partial charge on any atom is 0.373 e. The number of aliphatic hydroxyl groups excluding tert-OH is 1. The third kappa shape index (κ3) is 27.6. The number of aromatic nitrogens is 12. The molecule has 19 rings (SSSR count). The van der Waals surface area contributed by atoms with Gasteiger partial charge in [0.05, 0.1) is 72.8 Å². The minimum atomic E-state index is -2.52. The molecule has 30 heteroatoms. The lowest BCUT2D eigenvalue weighted by Crippen LogP contribution is -2.31. The number of halogens is 3. The Morgan fingerprint density at radius 3 is 1.01 bits per heavy atom. The van der Waals surface area contributed by atoms with Crippen LogP contribution in [-0.2, 0) is 45.0 Å². The number of nitrogens with zero attached hydrogens (tertiary/aromatic N) is 12. The second-order valence-electron chi connectivity index (χ2n) is 46.9. The Bertz CT molecular complexity index is 6420. The third-order valence-electron chi connectivity index (χ3n) is 28.7. The number of fused-ring (bicyclic) bond motifs is 6. The fourth-order valence-corrected chi connectivity index (χ4v) is 19.3. The first kappa shape index (κ1) is 109. The van der Waals surface area contributed by atoms with Gasteiger partial charge in [0.1, 0.15) is 0 Å². The van der Waals surface area contributed by atoms with E-state index >= 15 is 0 Å². The van der Waals surface area contributed by atoms with Gasteiger partial charge in [-0.15, -0.1) is 0 Å². The van der Waals surface area contributed by atoms with Crippen molar-refractivity contribution in [2.24, 2.45) is 38.9 Å². The number of rotatable bonds is 24. The number of benzene rings is 6. The molecule has 7 aliphatic carbocycles. The maximum atomic E-state index is 13.0. The van der Waals surface area contributed by atoms with Crippen LogP contribution in [0.25, 0.3) is 66.2 Å². The standard InChI is InChI=1S/2C20H29N3O.C18H22ClN3O.C18H23F2N3O.C18H25N3O2.C18H25N3O.CO2/c1-13(2)14-9-10-16-17(11-14)23(15-7-6-8-15)19(21-16)22-18(24)12-20(3,4)5;1-12(2)14(5)19(24)22-20-21-17-10-9-15(13(3)4)11-18(17)23(20)16-7-6-8-16;1-18(8-3-9-18)11-16(23)21-17-20-14-7-6-12(19)10-15(14)22(17)13-4-2-5-13;1-18(2,3)10-15(24)22-17-21-13-8-7-11(16(19)20)9-14(13)23(17)12-5-4-6-12;1-18(2,3)10-15(23)20-17-19-14-9-4-6-12(11-22)16(14)21(17)13-7-5-8-13;1-12-7-5-10-14-16(12)21(13-8-6-9-13)17(19-14)20-15(22)11-18(2,3)4;2-1-3/h9-11,13,15H,6-8,12H2,1-5H3,(H,21,22,24);9-14,16H,6-8H2,1-5H3,(H,21,22,24);6-7,10,13H,2-5,8-9,11H2,1H3,(H,20,21,23);7-9,12,16H,4-6,10H2,1-3H3,(H,21,22,24);4,6,9,13,22H,5,7-8,10-11H2,1-3H3,(H,19,20,23);5,7,10,13H,6,8-9,11H2,1-4H3,(H,19,20,22);/t;14-;;;;;/m.0...../s1. The first-order valence-corrected chi connectivity index (χ1v) is 52.3. The molecule has 0 spiro atoms. The maximum absolute atomic E-state index is 13.0. The molecule has 6 amide bonds. The van der Waals surface area contributed by atoms with Crippen LogP contribution in [0.4, 0.5) is 44.5 Å². The molecule has 6 aromatic carbocycles. The summed E-state index contributed by atoms with van der Waals surface area (Å²) in [5.41, 5.74) is 16.0. The van der Waals surface area contributed by atoms with Crippen LogP contribution in [0.1, 0.15) is 388 Å². The molecule has 0 bridgehead atoms. The number of alkyl halides is 2. The number of anilines is 6. The summed E-state index contributed by atoms with van der Waals surface area (Å²) in [6.45, 7) is 43.8. The summed E-state index contributed by atoms with van der Waals surface area (Å²) in [4.78, 5) is 118. The Morgan fingerprint density at radius 1 is 0.399 bits per heavy atom. The van der Waals surface area contributed by atoms with Gasteiger partial charge in [0.25, 0.3) is 6.43 Å². The Hall–Kier alpha value is -11.6. The fourth-order valence-electron chi connectivity index (χ4n) is 19.1. The van der Waals surface area contributed by atoms with Crippen molar-refractivity contribution in [1.29, 1.82) is 0 Å². The number of aryl methyl sites for hydroxylation is 1. The number of aliphatic hydroxyl groups is 1. The second kappa shape index (κ2) is 46.2. The number of amides is 6. The highest BCUT2D eigenvalue weighted by molar-refractivity contribution is 6.31. The first-order chi connectivity index (χ1) is 67.6. The zero-order chi connectivity index (χ0) is 104. The van der Waals surface area contributed by atoms with Crippen molar-refractivity contribution in [2.45, 2.75) is 373 Å². The number of nitrogens with one attached hydrogen (secondary N) is 6. The lowest BCUT2D eigenvalue weighted by atomic mass is 9.68. The topological polar surface area (TPSA) is 336 Å². The van der Waals surface area contributed by atoms with Gasteiger partial charge in [-0.25, -0.2) is 38.7 Å². The van der Waals surface area contributed by atoms with Gasteiger partial charge in [0, 0.05) is 90.4 Å². The molecule has 0 unspecified atom stereocenters. The van der Waals surface area contributed by atoms with E-state index in [2.05, 4.69) is 214 Å². The molecule has 7 saturated carbocycles. The zero-order valence-corrected chi connectivity index (χ0v) is 88.8. The summed E-state index contributed by atoms with van der Waals surface area (Å²) < 4.78 is 39.0. The number of hydrogen-bond donors (Lipinski definition) is 7. The first-order valence-electron chi connectivity index (χ1n) is 52.0. The van der Waals surface area contributed by atoms with Gasteiger partial charge < -0.3 is 32.5 Å². The summed E-state index contributed by atoms with van der Waals surface area (Å²) in [5.74, 6) is 5.27. The number of imidazole rings is 6. The van der Waals surface area contributed by atoms with Crippen LogP contribution in [0.15, 0.2) is 109 Å². The summed E-state index contributed by atoms with van der Waals surface area (Å²) in [7, 11) is 0. The van der Waals surface area contributed by atoms with E-state index in [1.807, 2.05) is 102 Å². The molecule has 1 atom stereocenters. The van der Waals surface area contributed by atoms with Gasteiger partial charge >= 0.3 is 6.15 Å². The van der Waals surface area contributed by atoms with Crippen LogP contribution in [-0.4, -0.2) is 104 Å². The molecule has 7 fully saturated rings. The SMILES string of the molecule is CC(C)(C)CC(=O)Nc1nc2ccc(C(F)F)cc2n1C1CCC1.CC(C)(C)CC(=O)Nc1nc2cccc(CO)c2n1C1CCC1.CC(C)c1ccc2nc(NC(=O)CC(C)(C)C)n(C3CCC3)c2c1.CC(C)c1ccc2nc(NC(=O)[C@@H](C)C(C)C)n(C3CCC3)c2c1.CC1(CC(=O)Nc2nc3ccc(Cl)cc3n2C2CCC2)CCC1.Cc1cccc2nc(NC(=O)CC(C)(C)C)n(C3CCC3)c12.O=C=O. The van der Waals surface area contributed by atoms with Crippen molar-refractivity contribution < 1.29 is 52.2 Å². The van der Waals surface area contributed by atoms with Gasteiger partial charge in [-0.1, -0.05) is 199 Å². The molecule has 6 heterocycles. The van der Waals surface area contributed by atoms with Crippen molar-refractivity contribution >= 4 is 155 Å². The Balaban J connectivity index is 0.000000143. The van der Waals surface area contributed by atoms with Crippen LogP contribution in [0.2, 0.25) is 5.02 Å². The molecular weight excluding hydrogens is 1830 g/mol. The average Bonchev–Trinajstić information content (AvgIpc) is 1.61. The molecule has 0 aliphatic heterocycles. The predicted molar refractivity (Wildman–Crippen MR) is 568 cm³/mol. The van der Waals surface area contributed by atoms with Crippen molar-refractivity contribution in [1.82, 2.24) is 57.3 Å². The fraction of sp³-hybridized carbons (Fsp3) is 0.566. The molecular formula is C113H153ClF2N18O9. The molecule has 770 valence electrons. The number of carbonyl (C=O) groups is 6. The van der Waals surface area contributed by atoms with E-state index in [0.29, 0.717) is 132 Å². The predicted octanol–water partition coefficient (Wildman–Crippen LogP) is 27.9. The molecule has 7 N–H and O–H groups in total. The lowest BCUT2D eigenvalue weighted by Gasteiger charge is -2.37. The Kier molecular flexibility index (Phi) is 35.1. The van der Waals surface area contributed by atoms with Crippen LogP contribution < -0.4 is 31.9 Å². The summed E-state index contributed by atoms with van der Waals surface area (Å²) >= 11 is 6.16. The number of para-hydroxylation sites is 2. The minimum Gasteiger partial charge on any atom is -0.392 e. The van der Waals surface area contributed by atoms with Gasteiger partial charge in [-0.2, -0.15) is 9.59 Å². The van der Waals surface area contributed by atoms with E-state index in [1.165, 1.54) is 111 Å². The average molecular weight is 1980 g/mol. The summed E-state index contributed by atoms with van der Waals surface area (Å²) in [6, 6.07) is 37.4. The van der Waals surface area contributed by atoms with E-state index in [0.717, 1.165) is 113 Å². The van der Waals surface area contributed by atoms with Crippen LogP contribution in [0.5, 0.6) is 0 Å². The number of hydrogen-bond acceptors (Lipinski definition) is 15. The highest BCUT2D eigenvalue weighted by atomic mass is 35.5. The zero-order valence-electron chi connectivity index (χ0n) is 88.0. The molecule has 143 heavy (non-hydrogen) atoms. The highest BCUT2D eigenvalue weighted by Gasteiger charge is 2.38. The van der Waals surface area contributed by atoms with E-state index in [9.17, 15) is 42.7 Å². The van der Waals surface area contributed by atoms with Crippen LogP contribution >= 0.6 is 11.6 Å². The van der Waals surface area contributed by atoms with Crippen molar-refractivity contribution in [3.05, 3.63) is 142 Å². The molecule has 0 radical (unpaired) electrons. The van der Waals surface area contributed by atoms with E-state index in [-0.39, 0.29) is 92.8 Å². The lowest BCUT2D eigenvalue weighted by molar-refractivity contribution is -0.192. The largest absolute Gasteiger partial charge is 0.392 e. The molecule has 12 aromatic rings. The molecule has 7 aliphatic rings. The normalized spacial score (nSPS) is 16.3. The summed E-state index contributed by atoms with van der Waals surface area (Å²) in [6.07, 6.45) is 24.4. The molecule has 6 aromatic heterocycles. The van der Waals surface area contributed by atoms with Crippen LogP contribution in [0, 0.1) is 45.8 Å². The van der Waals surface area contributed by atoms with E-state index in [4.69, 9.17) is 31.2 Å². The molecule has 0 saturated heterocycles. The highest BCUT2D eigenvalue weighted by Crippen LogP contribution is 2.48. The second-order valence-corrected chi connectivity index (χ2v) is 47.3. The van der Waals surface area contributed by atoms with Gasteiger partial charge in [0.2, 0.25) is 71.1 Å². The third-order valence-corrected chi connectivity index (χ3v) is 28.9. The quantitative estimate of drug-likeness (QED) is 0.0296. The van der Waals surface area contributed by atoms with Gasteiger partial charge in [-0.05, 0) is 264 Å². The van der Waals surface area contributed by atoms with Crippen LogP contribution in [0.3, 0.4) is 0 Å². The van der Waals surface area contributed by atoms with Crippen molar-refractivity contribution in [3.63, 3.8) is 0 Å². The van der Waals surface area contributed by atoms with Crippen molar-refractivity contribution in [2.75, 3.05) is 31.9 Å².